The highest BCUT2D eigenvalue weighted by molar-refractivity contribution is 9.10. The summed E-state index contributed by atoms with van der Waals surface area (Å²) in [5, 5.41) is 18.3. The number of aromatic hydroxyl groups is 1. The molecule has 0 aliphatic carbocycles. The molecule has 0 amide bonds. The zero-order chi connectivity index (χ0) is 14.1. The highest BCUT2D eigenvalue weighted by Crippen LogP contribution is 2.37. The maximum absolute atomic E-state index is 13.6. The van der Waals surface area contributed by atoms with E-state index in [4.69, 9.17) is 0 Å². The number of nitrogens with zero attached hydrogens (tertiary/aromatic N) is 2. The molecule has 0 aliphatic heterocycles. The zero-order valence-electron chi connectivity index (χ0n) is 10.1. The molecule has 0 fully saturated rings. The molecular weight excluding hydrogens is 325 g/mol. The lowest BCUT2D eigenvalue weighted by molar-refractivity contribution is 0.459. The lowest BCUT2D eigenvalue weighted by atomic mass is 10.2. The number of halogens is 2. The Bertz CT molecular complexity index is 796. The SMILES string of the molecule is Oc1[nH]c2c(F)cccc2c1N=Nc1ccc(Br)cc1. The summed E-state index contributed by atoms with van der Waals surface area (Å²) in [4.78, 5) is 2.56. The van der Waals surface area contributed by atoms with Gasteiger partial charge >= 0.3 is 0 Å². The van der Waals surface area contributed by atoms with Gasteiger partial charge in [-0.3, -0.25) is 0 Å². The van der Waals surface area contributed by atoms with E-state index in [-0.39, 0.29) is 17.1 Å². The van der Waals surface area contributed by atoms with Crippen LogP contribution in [0.2, 0.25) is 0 Å². The van der Waals surface area contributed by atoms with E-state index >= 15 is 0 Å². The van der Waals surface area contributed by atoms with Crippen LogP contribution in [0.15, 0.2) is 57.2 Å². The number of nitrogens with one attached hydrogen (secondary N) is 1. The molecule has 1 heterocycles. The molecule has 4 nitrogen and oxygen atoms in total. The van der Waals surface area contributed by atoms with E-state index in [9.17, 15) is 9.50 Å². The molecule has 0 saturated carbocycles. The van der Waals surface area contributed by atoms with Crippen molar-refractivity contribution < 1.29 is 9.50 Å². The summed E-state index contributed by atoms with van der Waals surface area (Å²) in [6, 6.07) is 11.8. The number of aromatic amines is 1. The van der Waals surface area contributed by atoms with Crippen LogP contribution in [0.5, 0.6) is 5.88 Å². The number of fused-ring (bicyclic) bond motifs is 1. The predicted octanol–water partition coefficient (Wildman–Crippen LogP) is 5.19. The van der Waals surface area contributed by atoms with Crippen molar-refractivity contribution in [1.29, 1.82) is 0 Å². The molecule has 1 aromatic heterocycles. The van der Waals surface area contributed by atoms with Gasteiger partial charge in [0, 0.05) is 9.86 Å². The molecule has 100 valence electrons. The Morgan fingerprint density at radius 3 is 2.55 bits per heavy atom. The third-order valence-electron chi connectivity index (χ3n) is 2.83. The number of aromatic nitrogens is 1. The Morgan fingerprint density at radius 1 is 1.05 bits per heavy atom. The molecule has 20 heavy (non-hydrogen) atoms. The molecule has 0 saturated heterocycles. The van der Waals surface area contributed by atoms with E-state index in [1.165, 1.54) is 6.07 Å². The third kappa shape index (κ3) is 2.30. The largest absolute Gasteiger partial charge is 0.493 e. The van der Waals surface area contributed by atoms with Gasteiger partial charge in [-0.15, -0.1) is 5.11 Å². The Kier molecular flexibility index (Phi) is 3.23. The summed E-state index contributed by atoms with van der Waals surface area (Å²) >= 11 is 3.33. The first-order valence-corrected chi connectivity index (χ1v) is 6.61. The van der Waals surface area contributed by atoms with Gasteiger partial charge in [-0.1, -0.05) is 28.1 Å². The summed E-state index contributed by atoms with van der Waals surface area (Å²) in [6.45, 7) is 0. The third-order valence-corrected chi connectivity index (χ3v) is 3.36. The van der Waals surface area contributed by atoms with Gasteiger partial charge < -0.3 is 10.1 Å². The van der Waals surface area contributed by atoms with E-state index in [1.807, 2.05) is 12.1 Å². The smallest absolute Gasteiger partial charge is 0.218 e. The van der Waals surface area contributed by atoms with E-state index in [1.54, 1.807) is 24.3 Å². The van der Waals surface area contributed by atoms with Crippen LogP contribution in [0.3, 0.4) is 0 Å². The highest BCUT2D eigenvalue weighted by Gasteiger charge is 2.12. The Hall–Kier alpha value is -2.21. The number of azo groups is 1. The first kappa shape index (κ1) is 12.8. The van der Waals surface area contributed by atoms with Gasteiger partial charge in [0.25, 0.3) is 0 Å². The van der Waals surface area contributed by atoms with Crippen molar-refractivity contribution in [2.45, 2.75) is 0 Å². The van der Waals surface area contributed by atoms with Crippen LogP contribution in [-0.2, 0) is 0 Å². The van der Waals surface area contributed by atoms with Crippen molar-refractivity contribution in [2.24, 2.45) is 10.2 Å². The average molecular weight is 334 g/mol. The summed E-state index contributed by atoms with van der Waals surface area (Å²) in [7, 11) is 0. The van der Waals surface area contributed by atoms with E-state index < -0.39 is 5.82 Å². The van der Waals surface area contributed by atoms with Gasteiger partial charge in [0.15, 0.2) is 5.69 Å². The molecule has 2 aromatic carbocycles. The predicted molar refractivity (Wildman–Crippen MR) is 78.2 cm³/mol. The minimum absolute atomic E-state index is 0.203. The summed E-state index contributed by atoms with van der Waals surface area (Å²) in [6.07, 6.45) is 0. The van der Waals surface area contributed by atoms with Gasteiger partial charge in [-0.05, 0) is 30.3 Å². The van der Waals surface area contributed by atoms with Crippen LogP contribution in [-0.4, -0.2) is 10.1 Å². The van der Waals surface area contributed by atoms with Crippen LogP contribution in [0.4, 0.5) is 15.8 Å². The normalized spacial score (nSPS) is 11.5. The second kappa shape index (κ2) is 5.05. The number of hydrogen-bond donors (Lipinski definition) is 2. The van der Waals surface area contributed by atoms with E-state index in [2.05, 4.69) is 31.1 Å². The highest BCUT2D eigenvalue weighted by atomic mass is 79.9. The van der Waals surface area contributed by atoms with Crippen molar-refractivity contribution in [3.8, 4) is 5.88 Å². The van der Waals surface area contributed by atoms with Gasteiger partial charge in [0.2, 0.25) is 5.88 Å². The lowest BCUT2D eigenvalue weighted by Gasteiger charge is -1.94. The molecule has 0 atom stereocenters. The standard InChI is InChI=1S/C14H9BrFN3O/c15-8-4-6-9(7-5-8)18-19-13-10-2-1-3-11(16)12(10)17-14(13)20/h1-7,17,20H. The van der Waals surface area contributed by atoms with Crippen molar-refractivity contribution in [3.05, 3.63) is 52.8 Å². The van der Waals surface area contributed by atoms with Crippen LogP contribution in [0, 0.1) is 5.82 Å². The van der Waals surface area contributed by atoms with Gasteiger partial charge in [0.05, 0.1) is 11.2 Å². The fraction of sp³-hybridized carbons (Fsp3) is 0. The zero-order valence-corrected chi connectivity index (χ0v) is 11.7. The monoisotopic (exact) mass is 333 g/mol. The summed E-state index contributed by atoms with van der Waals surface area (Å²) in [5.41, 5.74) is 1.08. The molecule has 0 bridgehead atoms. The lowest BCUT2D eigenvalue weighted by Crippen LogP contribution is -1.74. The first-order chi connectivity index (χ1) is 9.65. The van der Waals surface area contributed by atoms with Gasteiger partial charge in [-0.25, -0.2) is 4.39 Å². The van der Waals surface area contributed by atoms with Crippen LogP contribution >= 0.6 is 15.9 Å². The number of H-pyrrole nitrogens is 1. The topological polar surface area (TPSA) is 60.7 Å². The van der Waals surface area contributed by atoms with Crippen LogP contribution in [0.1, 0.15) is 0 Å². The molecule has 3 rings (SSSR count). The van der Waals surface area contributed by atoms with Crippen molar-refractivity contribution in [3.63, 3.8) is 0 Å². The summed E-state index contributed by atoms with van der Waals surface area (Å²) in [5.74, 6) is -0.645. The van der Waals surface area contributed by atoms with Crippen molar-refractivity contribution >= 4 is 38.2 Å². The molecule has 0 spiro atoms. The molecule has 2 N–H and O–H groups in total. The summed E-state index contributed by atoms with van der Waals surface area (Å²) < 4.78 is 14.5. The minimum atomic E-state index is -0.442. The van der Waals surface area contributed by atoms with Crippen molar-refractivity contribution in [2.75, 3.05) is 0 Å². The Balaban J connectivity index is 2.04. The number of benzene rings is 2. The Labute approximate surface area is 122 Å². The maximum atomic E-state index is 13.6. The molecule has 0 radical (unpaired) electrons. The number of rotatable bonds is 2. The molecule has 0 unspecified atom stereocenters. The fourth-order valence-corrected chi connectivity index (χ4v) is 2.13. The van der Waals surface area contributed by atoms with Gasteiger partial charge in [-0.2, -0.15) is 5.11 Å². The van der Waals surface area contributed by atoms with E-state index in [0.717, 1.165) is 4.47 Å². The minimum Gasteiger partial charge on any atom is -0.493 e. The molecule has 0 aliphatic rings. The first-order valence-electron chi connectivity index (χ1n) is 5.81. The molecular formula is C14H9BrFN3O. The van der Waals surface area contributed by atoms with Gasteiger partial charge in [0.1, 0.15) is 5.82 Å². The molecule has 6 heteroatoms. The molecule has 3 aromatic rings. The second-order valence-electron chi connectivity index (χ2n) is 4.16. The average Bonchev–Trinajstić information content (AvgIpc) is 2.76. The fourth-order valence-electron chi connectivity index (χ4n) is 1.87. The van der Waals surface area contributed by atoms with Crippen LogP contribution < -0.4 is 0 Å². The quantitative estimate of drug-likeness (QED) is 0.623. The number of para-hydroxylation sites is 1. The van der Waals surface area contributed by atoms with E-state index in [0.29, 0.717) is 11.1 Å². The Morgan fingerprint density at radius 2 is 1.80 bits per heavy atom. The maximum Gasteiger partial charge on any atom is 0.218 e. The second-order valence-corrected chi connectivity index (χ2v) is 5.08. The number of hydrogen-bond acceptors (Lipinski definition) is 3. The van der Waals surface area contributed by atoms with Crippen LogP contribution in [0.25, 0.3) is 10.9 Å². The van der Waals surface area contributed by atoms with Crippen molar-refractivity contribution in [1.82, 2.24) is 4.98 Å².